The fraction of sp³-hybridized carbons (Fsp3) is 0.304. The molecule has 0 amide bonds. The highest BCUT2D eigenvalue weighted by molar-refractivity contribution is 6.30. The molecule has 4 rings (SSSR count). The zero-order valence-electron chi connectivity index (χ0n) is 17.0. The van der Waals surface area contributed by atoms with Crippen LogP contribution in [0.2, 0.25) is 5.02 Å². The Morgan fingerprint density at radius 2 is 1.94 bits per heavy atom. The molecule has 1 atom stereocenters. The molecule has 1 aromatic carbocycles. The molecule has 8 heteroatoms. The molecule has 1 N–H and O–H groups in total. The first-order valence-electron chi connectivity index (χ1n) is 10.2. The zero-order chi connectivity index (χ0) is 21.6. The molecule has 1 aliphatic heterocycles. The van der Waals surface area contributed by atoms with Gasteiger partial charge in [-0.2, -0.15) is 0 Å². The van der Waals surface area contributed by atoms with Crippen LogP contribution in [0.3, 0.4) is 0 Å². The number of rotatable bonds is 8. The summed E-state index contributed by atoms with van der Waals surface area (Å²) in [5.41, 5.74) is 1.28. The lowest BCUT2D eigenvalue weighted by Crippen LogP contribution is -2.27. The van der Waals surface area contributed by atoms with Crippen LogP contribution < -0.4 is 15.0 Å². The van der Waals surface area contributed by atoms with Crippen molar-refractivity contribution in [2.75, 3.05) is 26.2 Å². The third-order valence-electron chi connectivity index (χ3n) is 5.11. The van der Waals surface area contributed by atoms with Gasteiger partial charge in [-0.25, -0.2) is 0 Å². The van der Waals surface area contributed by atoms with Gasteiger partial charge >= 0.3 is 0 Å². The third kappa shape index (κ3) is 5.85. The molecular formula is C23H24ClN3O4. The van der Waals surface area contributed by atoms with Crippen molar-refractivity contribution in [1.29, 1.82) is 0 Å². The van der Waals surface area contributed by atoms with Gasteiger partial charge in [0.05, 0.1) is 16.8 Å². The number of halogens is 1. The standard InChI is InChI=1S/C23H24ClN3O4/c24-17-1-2-18(25-14-17)16-31-22-8-10-27(23(29)13-22)19-3-5-21(6-4-19)30-12-11-26-9-7-20(28)15-26/h1-6,8,10,13-14,20,28H,7,9,11-12,15-16H2. The van der Waals surface area contributed by atoms with Gasteiger partial charge in [0, 0.05) is 43.8 Å². The number of hydrogen-bond donors (Lipinski definition) is 1. The van der Waals surface area contributed by atoms with Gasteiger partial charge in [0.2, 0.25) is 0 Å². The maximum Gasteiger partial charge on any atom is 0.258 e. The van der Waals surface area contributed by atoms with Gasteiger partial charge < -0.3 is 14.6 Å². The van der Waals surface area contributed by atoms with E-state index in [1.165, 1.54) is 6.07 Å². The molecule has 0 spiro atoms. The van der Waals surface area contributed by atoms with Gasteiger partial charge in [-0.1, -0.05) is 11.6 Å². The molecule has 2 aromatic heterocycles. The van der Waals surface area contributed by atoms with Gasteiger partial charge in [-0.3, -0.25) is 19.2 Å². The van der Waals surface area contributed by atoms with E-state index in [4.69, 9.17) is 21.1 Å². The van der Waals surface area contributed by atoms with E-state index in [-0.39, 0.29) is 18.3 Å². The van der Waals surface area contributed by atoms with E-state index in [0.29, 0.717) is 23.9 Å². The van der Waals surface area contributed by atoms with Crippen LogP contribution in [0.25, 0.3) is 5.69 Å². The first-order chi connectivity index (χ1) is 15.1. The number of aliphatic hydroxyl groups is 1. The predicted molar refractivity (Wildman–Crippen MR) is 118 cm³/mol. The smallest absolute Gasteiger partial charge is 0.258 e. The Labute approximate surface area is 185 Å². The van der Waals surface area contributed by atoms with Gasteiger partial charge in [0.1, 0.15) is 24.7 Å². The van der Waals surface area contributed by atoms with Crippen molar-refractivity contribution in [3.63, 3.8) is 0 Å². The molecule has 1 saturated heterocycles. The largest absolute Gasteiger partial charge is 0.492 e. The van der Waals surface area contributed by atoms with Gasteiger partial charge in [0.25, 0.3) is 5.56 Å². The first kappa shape index (κ1) is 21.4. The SMILES string of the molecule is O=c1cc(OCc2ccc(Cl)cn2)ccn1-c1ccc(OCCN2CCC(O)C2)cc1. The van der Waals surface area contributed by atoms with E-state index in [1.807, 2.05) is 24.3 Å². The number of aliphatic hydroxyl groups excluding tert-OH is 1. The van der Waals surface area contributed by atoms with Crippen LogP contribution in [-0.2, 0) is 6.61 Å². The Kier molecular flexibility index (Phi) is 6.86. The van der Waals surface area contributed by atoms with Gasteiger partial charge in [0.15, 0.2) is 0 Å². The lowest BCUT2D eigenvalue weighted by Gasteiger charge is -2.15. The molecule has 0 radical (unpaired) electrons. The Morgan fingerprint density at radius 3 is 2.61 bits per heavy atom. The lowest BCUT2D eigenvalue weighted by atomic mass is 10.3. The summed E-state index contributed by atoms with van der Waals surface area (Å²) >= 11 is 5.83. The highest BCUT2D eigenvalue weighted by Crippen LogP contribution is 2.17. The van der Waals surface area contributed by atoms with Crippen molar-refractivity contribution >= 4 is 11.6 Å². The van der Waals surface area contributed by atoms with Crippen LogP contribution in [0, 0.1) is 0 Å². The average molecular weight is 442 g/mol. The van der Waals surface area contributed by atoms with Crippen LogP contribution in [-0.4, -0.2) is 51.9 Å². The van der Waals surface area contributed by atoms with Crippen LogP contribution in [0.15, 0.2) is 65.7 Å². The maximum atomic E-state index is 12.5. The summed E-state index contributed by atoms with van der Waals surface area (Å²) in [5, 5.41) is 10.1. The van der Waals surface area contributed by atoms with E-state index < -0.39 is 0 Å². The Balaban J connectivity index is 1.32. The number of pyridine rings is 2. The maximum absolute atomic E-state index is 12.5. The lowest BCUT2D eigenvalue weighted by molar-refractivity contribution is 0.167. The van der Waals surface area contributed by atoms with Crippen LogP contribution in [0.4, 0.5) is 0 Å². The molecule has 1 unspecified atom stereocenters. The van der Waals surface area contributed by atoms with Crippen molar-refractivity contribution in [1.82, 2.24) is 14.5 Å². The summed E-state index contributed by atoms with van der Waals surface area (Å²) in [6.45, 7) is 3.21. The number of likely N-dealkylation sites (tertiary alicyclic amines) is 1. The minimum atomic E-state index is -0.219. The summed E-state index contributed by atoms with van der Waals surface area (Å²) in [6, 6.07) is 14.1. The third-order valence-corrected chi connectivity index (χ3v) is 5.33. The van der Waals surface area contributed by atoms with E-state index in [0.717, 1.165) is 36.6 Å². The fourth-order valence-corrected chi connectivity index (χ4v) is 3.54. The monoisotopic (exact) mass is 441 g/mol. The van der Waals surface area contributed by atoms with E-state index in [1.54, 1.807) is 35.2 Å². The molecular weight excluding hydrogens is 418 g/mol. The minimum Gasteiger partial charge on any atom is -0.492 e. The highest BCUT2D eigenvalue weighted by Gasteiger charge is 2.19. The van der Waals surface area contributed by atoms with Crippen molar-refractivity contribution in [2.24, 2.45) is 0 Å². The van der Waals surface area contributed by atoms with E-state index >= 15 is 0 Å². The zero-order valence-corrected chi connectivity index (χ0v) is 17.7. The quantitative estimate of drug-likeness (QED) is 0.579. The first-order valence-corrected chi connectivity index (χ1v) is 10.5. The minimum absolute atomic E-state index is 0.192. The molecule has 3 aromatic rings. The molecule has 1 fully saturated rings. The van der Waals surface area contributed by atoms with E-state index in [9.17, 15) is 9.90 Å². The topological polar surface area (TPSA) is 76.8 Å². The molecule has 0 aliphatic carbocycles. The van der Waals surface area contributed by atoms with Crippen molar-refractivity contribution in [3.8, 4) is 17.2 Å². The van der Waals surface area contributed by atoms with Crippen LogP contribution >= 0.6 is 11.6 Å². The summed E-state index contributed by atoms with van der Waals surface area (Å²) in [4.78, 5) is 18.9. The molecule has 31 heavy (non-hydrogen) atoms. The normalized spacial score (nSPS) is 16.4. The van der Waals surface area contributed by atoms with Crippen molar-refractivity contribution < 1.29 is 14.6 Å². The Hall–Kier alpha value is -2.87. The number of β-amino-alcohol motifs (C(OH)–C–C–N with tert-alkyl or cyclic N) is 1. The second-order valence-electron chi connectivity index (χ2n) is 7.41. The Bertz CT molecular complexity index is 1050. The highest BCUT2D eigenvalue weighted by atomic mass is 35.5. The summed E-state index contributed by atoms with van der Waals surface area (Å²) in [5.74, 6) is 1.22. The van der Waals surface area contributed by atoms with Crippen molar-refractivity contribution in [3.05, 3.63) is 82.0 Å². The van der Waals surface area contributed by atoms with Crippen molar-refractivity contribution in [2.45, 2.75) is 19.1 Å². The second-order valence-corrected chi connectivity index (χ2v) is 7.85. The molecule has 0 bridgehead atoms. The molecule has 7 nitrogen and oxygen atoms in total. The Morgan fingerprint density at radius 1 is 1.10 bits per heavy atom. The number of ether oxygens (including phenoxy) is 2. The second kappa shape index (κ2) is 9.96. The van der Waals surface area contributed by atoms with Crippen LogP contribution in [0.5, 0.6) is 11.5 Å². The molecule has 162 valence electrons. The summed E-state index contributed by atoms with van der Waals surface area (Å²) < 4.78 is 13.0. The van der Waals surface area contributed by atoms with Gasteiger partial charge in [-0.15, -0.1) is 0 Å². The molecule has 1 aliphatic rings. The fourth-order valence-electron chi connectivity index (χ4n) is 3.42. The predicted octanol–water partition coefficient (Wildman–Crippen LogP) is 2.91. The van der Waals surface area contributed by atoms with E-state index in [2.05, 4.69) is 9.88 Å². The number of nitrogens with zero attached hydrogens (tertiary/aromatic N) is 3. The molecule has 0 saturated carbocycles. The van der Waals surface area contributed by atoms with Gasteiger partial charge in [-0.05, 0) is 48.9 Å². The number of hydrogen-bond acceptors (Lipinski definition) is 6. The summed E-state index contributed by atoms with van der Waals surface area (Å²) in [6.07, 6.45) is 3.85. The number of aromatic nitrogens is 2. The average Bonchev–Trinajstić information content (AvgIpc) is 3.19. The summed E-state index contributed by atoms with van der Waals surface area (Å²) in [7, 11) is 0. The van der Waals surface area contributed by atoms with Crippen LogP contribution in [0.1, 0.15) is 12.1 Å². The molecule has 3 heterocycles. The number of benzene rings is 1.